The molecule has 1 amide bonds. The molecular weight excluding hydrogens is 264 g/mol. The lowest BCUT2D eigenvalue weighted by molar-refractivity contribution is -0.146. The van der Waals surface area contributed by atoms with Gasteiger partial charge in [0.05, 0.1) is 19.1 Å². The molecule has 1 heterocycles. The van der Waals surface area contributed by atoms with Gasteiger partial charge in [0, 0.05) is 32.5 Å². The predicted octanol–water partition coefficient (Wildman–Crippen LogP) is -0.00510. The summed E-state index contributed by atoms with van der Waals surface area (Å²) in [5.74, 6) is -1.31. The average Bonchev–Trinajstić information content (AvgIpc) is 2.39. The van der Waals surface area contributed by atoms with Crippen LogP contribution < -0.4 is 5.32 Å². The average molecular weight is 286 g/mol. The first-order valence-corrected chi connectivity index (χ1v) is 6.92. The molecule has 0 bridgehead atoms. The fraction of sp³-hybridized carbons (Fsp3) is 0.769. The Morgan fingerprint density at radius 1 is 1.35 bits per heavy atom. The minimum Gasteiger partial charge on any atom is -0.481 e. The minimum absolute atomic E-state index is 0.0135. The van der Waals surface area contributed by atoms with Crippen LogP contribution in [0.1, 0.15) is 32.6 Å². The van der Waals surface area contributed by atoms with Crippen LogP contribution in [-0.2, 0) is 19.1 Å². The number of carbonyl (C=O) groups is 3. The zero-order valence-corrected chi connectivity index (χ0v) is 11.8. The maximum Gasteiger partial charge on any atom is 0.307 e. The summed E-state index contributed by atoms with van der Waals surface area (Å²) < 4.78 is 4.90. The zero-order chi connectivity index (χ0) is 15.0. The standard InChI is InChI=1S/C13H22N2O5/c1-2-20-13(19)8-10-9-14-6-7-15(10)11(16)4-3-5-12(17)18/h10,14H,2-9H2,1H3,(H,17,18). The van der Waals surface area contributed by atoms with Crippen molar-refractivity contribution in [3.63, 3.8) is 0 Å². The molecule has 0 aromatic rings. The Morgan fingerprint density at radius 2 is 2.10 bits per heavy atom. The van der Waals surface area contributed by atoms with Crippen molar-refractivity contribution in [3.05, 3.63) is 0 Å². The second kappa shape index (κ2) is 8.52. The summed E-state index contributed by atoms with van der Waals surface area (Å²) in [6.07, 6.45) is 0.682. The maximum atomic E-state index is 12.1. The molecule has 0 aromatic heterocycles. The Balaban J connectivity index is 2.48. The largest absolute Gasteiger partial charge is 0.481 e. The molecule has 114 valence electrons. The Hall–Kier alpha value is -1.63. The number of ether oxygens (including phenoxy) is 1. The molecule has 1 rings (SSSR count). The molecule has 0 spiro atoms. The number of hydrogen-bond donors (Lipinski definition) is 2. The van der Waals surface area contributed by atoms with Gasteiger partial charge in [-0.05, 0) is 13.3 Å². The van der Waals surface area contributed by atoms with Gasteiger partial charge >= 0.3 is 11.9 Å². The van der Waals surface area contributed by atoms with E-state index in [0.29, 0.717) is 32.7 Å². The Bertz CT molecular complexity index is 359. The van der Waals surface area contributed by atoms with Gasteiger partial charge in [0.25, 0.3) is 0 Å². The highest BCUT2D eigenvalue weighted by molar-refractivity contribution is 5.78. The van der Waals surface area contributed by atoms with Gasteiger partial charge in [0.2, 0.25) is 5.91 Å². The van der Waals surface area contributed by atoms with Crippen molar-refractivity contribution in [1.29, 1.82) is 0 Å². The number of nitrogens with one attached hydrogen (secondary N) is 1. The van der Waals surface area contributed by atoms with E-state index in [2.05, 4.69) is 5.32 Å². The number of hydrogen-bond acceptors (Lipinski definition) is 5. The minimum atomic E-state index is -0.902. The van der Waals surface area contributed by atoms with Gasteiger partial charge in [0.1, 0.15) is 0 Å². The Kier molecular flexibility index (Phi) is 7.00. The van der Waals surface area contributed by atoms with Gasteiger partial charge < -0.3 is 20.1 Å². The van der Waals surface area contributed by atoms with Crippen molar-refractivity contribution in [1.82, 2.24) is 10.2 Å². The number of carbonyl (C=O) groups excluding carboxylic acids is 2. The Morgan fingerprint density at radius 3 is 2.75 bits per heavy atom. The van der Waals surface area contributed by atoms with Gasteiger partial charge in [-0.15, -0.1) is 0 Å². The summed E-state index contributed by atoms with van der Waals surface area (Å²) in [7, 11) is 0. The second-order valence-electron chi connectivity index (χ2n) is 4.70. The van der Waals surface area contributed by atoms with Crippen molar-refractivity contribution >= 4 is 17.8 Å². The fourth-order valence-electron chi connectivity index (χ4n) is 2.22. The van der Waals surface area contributed by atoms with Crippen molar-refractivity contribution in [2.24, 2.45) is 0 Å². The summed E-state index contributed by atoms with van der Waals surface area (Å²) in [4.78, 5) is 35.7. The van der Waals surface area contributed by atoms with Crippen molar-refractivity contribution in [3.8, 4) is 0 Å². The molecule has 7 nitrogen and oxygen atoms in total. The van der Waals surface area contributed by atoms with E-state index in [9.17, 15) is 14.4 Å². The first kappa shape index (κ1) is 16.4. The lowest BCUT2D eigenvalue weighted by atomic mass is 10.1. The van der Waals surface area contributed by atoms with Crippen LogP contribution in [0.25, 0.3) is 0 Å². The molecule has 1 saturated heterocycles. The number of carboxylic acid groups (broad SMARTS) is 1. The smallest absolute Gasteiger partial charge is 0.307 e. The Labute approximate surface area is 118 Å². The first-order valence-electron chi connectivity index (χ1n) is 6.92. The van der Waals surface area contributed by atoms with Crippen LogP contribution >= 0.6 is 0 Å². The summed E-state index contributed by atoms with van der Waals surface area (Å²) in [5, 5.41) is 11.7. The maximum absolute atomic E-state index is 12.1. The fourth-order valence-corrected chi connectivity index (χ4v) is 2.22. The molecule has 20 heavy (non-hydrogen) atoms. The first-order chi connectivity index (χ1) is 9.54. The summed E-state index contributed by atoms with van der Waals surface area (Å²) in [6, 6.07) is -0.208. The van der Waals surface area contributed by atoms with Crippen LogP contribution in [0.5, 0.6) is 0 Å². The summed E-state index contributed by atoms with van der Waals surface area (Å²) >= 11 is 0. The molecule has 1 aliphatic rings. The van der Waals surface area contributed by atoms with E-state index in [1.54, 1.807) is 11.8 Å². The number of esters is 1. The molecule has 0 aromatic carbocycles. The van der Waals surface area contributed by atoms with Crippen LogP contribution in [-0.4, -0.2) is 60.1 Å². The highest BCUT2D eigenvalue weighted by Gasteiger charge is 2.28. The quantitative estimate of drug-likeness (QED) is 0.639. The van der Waals surface area contributed by atoms with E-state index in [4.69, 9.17) is 9.84 Å². The lowest BCUT2D eigenvalue weighted by Crippen LogP contribution is -2.54. The van der Waals surface area contributed by atoms with E-state index < -0.39 is 5.97 Å². The third kappa shape index (κ3) is 5.56. The monoisotopic (exact) mass is 286 g/mol. The number of amides is 1. The molecule has 1 aliphatic heterocycles. The van der Waals surface area contributed by atoms with Gasteiger partial charge in [-0.2, -0.15) is 0 Å². The zero-order valence-electron chi connectivity index (χ0n) is 11.8. The highest BCUT2D eigenvalue weighted by atomic mass is 16.5. The highest BCUT2D eigenvalue weighted by Crippen LogP contribution is 2.12. The van der Waals surface area contributed by atoms with Crippen LogP contribution in [0.2, 0.25) is 0 Å². The van der Waals surface area contributed by atoms with Crippen LogP contribution in [0, 0.1) is 0 Å². The van der Waals surface area contributed by atoms with Gasteiger partial charge in [-0.25, -0.2) is 0 Å². The van der Waals surface area contributed by atoms with Crippen LogP contribution in [0.4, 0.5) is 0 Å². The van der Waals surface area contributed by atoms with Crippen molar-refractivity contribution < 1.29 is 24.2 Å². The number of carboxylic acids is 1. The molecule has 0 aliphatic carbocycles. The molecule has 1 unspecified atom stereocenters. The number of rotatable bonds is 7. The number of nitrogens with zero attached hydrogens (tertiary/aromatic N) is 1. The molecular formula is C13H22N2O5. The predicted molar refractivity (Wildman–Crippen MR) is 71.1 cm³/mol. The van der Waals surface area contributed by atoms with Crippen LogP contribution in [0.3, 0.4) is 0 Å². The normalized spacial score (nSPS) is 18.6. The molecule has 0 radical (unpaired) electrons. The second-order valence-corrected chi connectivity index (χ2v) is 4.70. The molecule has 1 fully saturated rings. The SMILES string of the molecule is CCOC(=O)CC1CNCCN1C(=O)CCCC(=O)O. The summed E-state index contributed by atoms with van der Waals surface area (Å²) in [5.41, 5.74) is 0. The van der Waals surface area contributed by atoms with E-state index in [-0.39, 0.29) is 37.2 Å². The molecule has 0 saturated carbocycles. The topological polar surface area (TPSA) is 95.9 Å². The molecule has 2 N–H and O–H groups in total. The van der Waals surface area contributed by atoms with E-state index in [1.807, 2.05) is 0 Å². The number of aliphatic carboxylic acids is 1. The third-order valence-corrected chi connectivity index (χ3v) is 3.16. The molecule has 7 heteroatoms. The van der Waals surface area contributed by atoms with Gasteiger partial charge in [-0.3, -0.25) is 14.4 Å². The van der Waals surface area contributed by atoms with Crippen molar-refractivity contribution in [2.75, 3.05) is 26.2 Å². The summed E-state index contributed by atoms with van der Waals surface area (Å²) in [6.45, 7) is 3.85. The van der Waals surface area contributed by atoms with E-state index in [0.717, 1.165) is 0 Å². The van der Waals surface area contributed by atoms with E-state index >= 15 is 0 Å². The van der Waals surface area contributed by atoms with Crippen molar-refractivity contribution in [2.45, 2.75) is 38.6 Å². The lowest BCUT2D eigenvalue weighted by Gasteiger charge is -2.35. The number of piperazine rings is 1. The third-order valence-electron chi connectivity index (χ3n) is 3.16. The van der Waals surface area contributed by atoms with Gasteiger partial charge in [-0.1, -0.05) is 0 Å². The van der Waals surface area contributed by atoms with Gasteiger partial charge in [0.15, 0.2) is 0 Å². The van der Waals surface area contributed by atoms with E-state index in [1.165, 1.54) is 0 Å². The van der Waals surface area contributed by atoms with Crippen LogP contribution in [0.15, 0.2) is 0 Å². The molecule has 1 atom stereocenters.